The summed E-state index contributed by atoms with van der Waals surface area (Å²) in [6.45, 7) is 6.05. The summed E-state index contributed by atoms with van der Waals surface area (Å²) in [6.07, 6.45) is 4.22. The standard InChI is InChI=1S/C14H23N3O/c1-12(15)13-5-8-16(9-6-13)10-11-17-7-3-2-4-14(17)18/h2-4,7,12-13H,5-6,8-11,15H2,1H3. The van der Waals surface area contributed by atoms with E-state index in [0.29, 0.717) is 12.0 Å². The molecule has 1 atom stereocenters. The number of nitrogens with two attached hydrogens (primary N) is 1. The van der Waals surface area contributed by atoms with Gasteiger partial charge < -0.3 is 15.2 Å². The van der Waals surface area contributed by atoms with E-state index in [1.54, 1.807) is 16.7 Å². The lowest BCUT2D eigenvalue weighted by molar-refractivity contribution is 0.167. The minimum Gasteiger partial charge on any atom is -0.328 e. The number of hydrogen-bond acceptors (Lipinski definition) is 3. The number of nitrogens with zero attached hydrogens (tertiary/aromatic N) is 2. The van der Waals surface area contributed by atoms with Gasteiger partial charge in [-0.3, -0.25) is 4.79 Å². The maximum absolute atomic E-state index is 11.6. The lowest BCUT2D eigenvalue weighted by Crippen LogP contribution is -2.41. The maximum atomic E-state index is 11.6. The van der Waals surface area contributed by atoms with Crippen LogP contribution in [0.1, 0.15) is 19.8 Å². The Morgan fingerprint density at radius 3 is 2.67 bits per heavy atom. The highest BCUT2D eigenvalue weighted by Gasteiger charge is 2.21. The third kappa shape index (κ3) is 3.43. The van der Waals surface area contributed by atoms with Gasteiger partial charge in [0.2, 0.25) is 0 Å². The van der Waals surface area contributed by atoms with Crippen LogP contribution in [0.4, 0.5) is 0 Å². The van der Waals surface area contributed by atoms with Crippen LogP contribution in [0, 0.1) is 5.92 Å². The summed E-state index contributed by atoms with van der Waals surface area (Å²) < 4.78 is 1.78. The average molecular weight is 249 g/mol. The number of pyridine rings is 1. The number of piperidine rings is 1. The third-order valence-corrected chi connectivity index (χ3v) is 3.93. The van der Waals surface area contributed by atoms with Crippen molar-refractivity contribution in [1.29, 1.82) is 0 Å². The first-order valence-electron chi connectivity index (χ1n) is 6.80. The first-order valence-corrected chi connectivity index (χ1v) is 6.80. The summed E-state index contributed by atoms with van der Waals surface area (Å²) in [5.74, 6) is 0.667. The second kappa shape index (κ2) is 6.16. The second-order valence-electron chi connectivity index (χ2n) is 5.27. The molecule has 1 aliphatic rings. The Balaban J connectivity index is 1.79. The van der Waals surface area contributed by atoms with Crippen molar-refractivity contribution >= 4 is 0 Å². The molecular weight excluding hydrogens is 226 g/mol. The first-order chi connectivity index (χ1) is 8.66. The van der Waals surface area contributed by atoms with Crippen molar-refractivity contribution < 1.29 is 0 Å². The highest BCUT2D eigenvalue weighted by Crippen LogP contribution is 2.19. The highest BCUT2D eigenvalue weighted by atomic mass is 16.1. The van der Waals surface area contributed by atoms with E-state index < -0.39 is 0 Å². The Hall–Kier alpha value is -1.13. The van der Waals surface area contributed by atoms with Gasteiger partial charge in [-0.25, -0.2) is 0 Å². The number of hydrogen-bond donors (Lipinski definition) is 1. The van der Waals surface area contributed by atoms with Crippen LogP contribution in [0.15, 0.2) is 29.2 Å². The van der Waals surface area contributed by atoms with Gasteiger partial charge in [0.25, 0.3) is 5.56 Å². The SMILES string of the molecule is CC(N)C1CCN(CCn2ccccc2=O)CC1. The molecule has 18 heavy (non-hydrogen) atoms. The van der Waals surface area contributed by atoms with Crippen LogP contribution in [0.25, 0.3) is 0 Å². The molecule has 1 aliphatic heterocycles. The molecule has 4 heteroatoms. The normalized spacial score (nSPS) is 19.9. The lowest BCUT2D eigenvalue weighted by atomic mass is 9.91. The van der Waals surface area contributed by atoms with Crippen LogP contribution in [0.2, 0.25) is 0 Å². The van der Waals surface area contributed by atoms with Crippen molar-refractivity contribution in [3.63, 3.8) is 0 Å². The number of aromatic nitrogens is 1. The lowest BCUT2D eigenvalue weighted by Gasteiger charge is -2.33. The van der Waals surface area contributed by atoms with E-state index >= 15 is 0 Å². The minimum absolute atomic E-state index is 0.0861. The van der Waals surface area contributed by atoms with Gasteiger partial charge in [0.05, 0.1) is 0 Å². The molecule has 1 fully saturated rings. The zero-order chi connectivity index (χ0) is 13.0. The summed E-state index contributed by atoms with van der Waals surface area (Å²) in [6, 6.07) is 5.61. The van der Waals surface area contributed by atoms with Crippen LogP contribution < -0.4 is 11.3 Å². The fourth-order valence-electron chi connectivity index (χ4n) is 2.60. The van der Waals surface area contributed by atoms with Crippen LogP contribution >= 0.6 is 0 Å². The smallest absolute Gasteiger partial charge is 0.250 e. The summed E-state index contributed by atoms with van der Waals surface area (Å²) in [5.41, 5.74) is 6.02. The Labute approximate surface area is 108 Å². The largest absolute Gasteiger partial charge is 0.328 e. The van der Waals surface area contributed by atoms with Crippen LogP contribution in [0.5, 0.6) is 0 Å². The first kappa shape index (κ1) is 13.3. The Bertz CT molecular complexity index is 419. The van der Waals surface area contributed by atoms with E-state index in [1.807, 2.05) is 12.3 Å². The topological polar surface area (TPSA) is 51.3 Å². The van der Waals surface area contributed by atoms with Crippen LogP contribution in [-0.2, 0) is 6.54 Å². The van der Waals surface area contributed by atoms with E-state index in [9.17, 15) is 4.79 Å². The predicted molar refractivity (Wildman–Crippen MR) is 73.5 cm³/mol. The molecule has 0 radical (unpaired) electrons. The molecule has 1 aromatic heterocycles. The highest BCUT2D eigenvalue weighted by molar-refractivity contribution is 4.93. The molecule has 100 valence electrons. The van der Waals surface area contributed by atoms with Crippen molar-refractivity contribution in [2.45, 2.75) is 32.4 Å². The van der Waals surface area contributed by atoms with E-state index in [0.717, 1.165) is 26.2 Å². The molecule has 0 saturated carbocycles. The molecular formula is C14H23N3O. The van der Waals surface area contributed by atoms with Gasteiger partial charge in [0.1, 0.15) is 0 Å². The summed E-state index contributed by atoms with van der Waals surface area (Å²) in [4.78, 5) is 14.0. The zero-order valence-electron chi connectivity index (χ0n) is 11.1. The van der Waals surface area contributed by atoms with Gasteiger partial charge in [-0.1, -0.05) is 6.07 Å². The molecule has 0 spiro atoms. The molecule has 0 aromatic carbocycles. The fourth-order valence-corrected chi connectivity index (χ4v) is 2.60. The molecule has 1 unspecified atom stereocenters. The van der Waals surface area contributed by atoms with Crippen molar-refractivity contribution in [1.82, 2.24) is 9.47 Å². The van der Waals surface area contributed by atoms with Gasteiger partial charge in [-0.05, 0) is 44.8 Å². The Kier molecular flexibility index (Phi) is 4.55. The maximum Gasteiger partial charge on any atom is 0.250 e. The Morgan fingerprint density at radius 1 is 1.33 bits per heavy atom. The molecule has 2 N–H and O–H groups in total. The van der Waals surface area contributed by atoms with Crippen molar-refractivity contribution in [2.75, 3.05) is 19.6 Å². The van der Waals surface area contributed by atoms with Crippen molar-refractivity contribution in [2.24, 2.45) is 11.7 Å². The summed E-state index contributed by atoms with van der Waals surface area (Å²) in [7, 11) is 0. The van der Waals surface area contributed by atoms with Gasteiger partial charge in [0, 0.05) is 31.4 Å². The molecule has 1 aromatic rings. The number of likely N-dealkylation sites (tertiary alicyclic amines) is 1. The summed E-state index contributed by atoms with van der Waals surface area (Å²) >= 11 is 0. The van der Waals surface area contributed by atoms with Gasteiger partial charge >= 0.3 is 0 Å². The van der Waals surface area contributed by atoms with E-state index in [-0.39, 0.29) is 5.56 Å². The van der Waals surface area contributed by atoms with Crippen molar-refractivity contribution in [3.8, 4) is 0 Å². The Morgan fingerprint density at radius 2 is 2.06 bits per heavy atom. The minimum atomic E-state index is 0.0861. The van der Waals surface area contributed by atoms with Crippen LogP contribution in [-0.4, -0.2) is 35.1 Å². The predicted octanol–water partition coefficient (Wildman–Crippen LogP) is 0.907. The molecule has 2 heterocycles. The molecule has 2 rings (SSSR count). The fraction of sp³-hybridized carbons (Fsp3) is 0.643. The quantitative estimate of drug-likeness (QED) is 0.863. The van der Waals surface area contributed by atoms with E-state index in [4.69, 9.17) is 5.73 Å². The van der Waals surface area contributed by atoms with E-state index in [2.05, 4.69) is 11.8 Å². The van der Waals surface area contributed by atoms with E-state index in [1.165, 1.54) is 12.8 Å². The molecule has 1 saturated heterocycles. The molecule has 0 bridgehead atoms. The van der Waals surface area contributed by atoms with Gasteiger partial charge in [0.15, 0.2) is 0 Å². The average Bonchev–Trinajstić information content (AvgIpc) is 2.38. The van der Waals surface area contributed by atoms with Crippen molar-refractivity contribution in [3.05, 3.63) is 34.7 Å². The van der Waals surface area contributed by atoms with Crippen LogP contribution in [0.3, 0.4) is 0 Å². The molecule has 4 nitrogen and oxygen atoms in total. The zero-order valence-corrected chi connectivity index (χ0v) is 11.1. The van der Waals surface area contributed by atoms with Gasteiger partial charge in [-0.2, -0.15) is 0 Å². The van der Waals surface area contributed by atoms with Gasteiger partial charge in [-0.15, -0.1) is 0 Å². The number of rotatable bonds is 4. The third-order valence-electron chi connectivity index (χ3n) is 3.93. The molecule has 0 aliphatic carbocycles. The second-order valence-corrected chi connectivity index (χ2v) is 5.27. The monoisotopic (exact) mass is 249 g/mol. The summed E-state index contributed by atoms with van der Waals surface area (Å²) in [5, 5.41) is 0. The molecule has 0 amide bonds.